The van der Waals surface area contributed by atoms with Gasteiger partial charge in [-0.15, -0.1) is 0 Å². The number of nitrogens with one attached hydrogen (secondary N) is 1. The molecule has 5 heteroatoms. The molecule has 1 N–H and O–H groups in total. The molecule has 0 amide bonds. The Bertz CT molecular complexity index is 438. The van der Waals surface area contributed by atoms with Gasteiger partial charge in [0.15, 0.2) is 0 Å². The summed E-state index contributed by atoms with van der Waals surface area (Å²) in [6.45, 7) is 5.41. The molecule has 0 spiro atoms. The summed E-state index contributed by atoms with van der Waals surface area (Å²) in [6, 6.07) is 5.23. The first-order valence-corrected chi connectivity index (χ1v) is 10.0. The maximum Gasteiger partial charge on any atom is 0.127 e. The first-order chi connectivity index (χ1) is 10.1. The number of thioether (sulfide) groups is 2. The zero-order chi connectivity index (χ0) is 15.2. The average molecular weight is 348 g/mol. The molecule has 0 radical (unpaired) electrons. The van der Waals surface area contributed by atoms with Gasteiger partial charge in [0.1, 0.15) is 5.82 Å². The predicted octanol–water partition coefficient (Wildman–Crippen LogP) is 4.63. The molecule has 1 aliphatic heterocycles. The third-order valence-corrected chi connectivity index (χ3v) is 7.38. The van der Waals surface area contributed by atoms with Crippen molar-refractivity contribution in [2.45, 2.75) is 43.2 Å². The van der Waals surface area contributed by atoms with Crippen molar-refractivity contribution in [3.8, 4) is 0 Å². The van der Waals surface area contributed by atoms with E-state index in [1.54, 1.807) is 12.1 Å². The fourth-order valence-electron chi connectivity index (χ4n) is 2.67. The van der Waals surface area contributed by atoms with Gasteiger partial charge in [-0.25, -0.2) is 4.39 Å². The molecule has 1 aromatic carbocycles. The van der Waals surface area contributed by atoms with Crippen LogP contribution >= 0.6 is 35.1 Å². The first-order valence-electron chi connectivity index (χ1n) is 7.53. The lowest BCUT2D eigenvalue weighted by molar-refractivity contribution is 0.476. The van der Waals surface area contributed by atoms with Crippen LogP contribution < -0.4 is 5.32 Å². The third-order valence-electron chi connectivity index (χ3n) is 3.78. The Balaban J connectivity index is 2.15. The number of benzene rings is 1. The highest BCUT2D eigenvalue weighted by atomic mass is 35.5. The van der Waals surface area contributed by atoms with Crippen molar-refractivity contribution in [3.05, 3.63) is 34.6 Å². The van der Waals surface area contributed by atoms with Gasteiger partial charge in [0.25, 0.3) is 0 Å². The minimum absolute atomic E-state index is 0.188. The van der Waals surface area contributed by atoms with Crippen LogP contribution in [0.2, 0.25) is 5.02 Å². The molecule has 3 unspecified atom stereocenters. The Kier molecular flexibility index (Phi) is 7.20. The lowest BCUT2D eigenvalue weighted by atomic mass is 10.0. The number of hydrogen-bond donors (Lipinski definition) is 1. The summed E-state index contributed by atoms with van der Waals surface area (Å²) in [7, 11) is 0. The van der Waals surface area contributed by atoms with E-state index >= 15 is 0 Å². The van der Waals surface area contributed by atoms with Crippen LogP contribution in [0.4, 0.5) is 4.39 Å². The van der Waals surface area contributed by atoms with E-state index in [0.29, 0.717) is 27.5 Å². The molecule has 1 heterocycles. The van der Waals surface area contributed by atoms with Crippen molar-refractivity contribution in [1.29, 1.82) is 0 Å². The highest BCUT2D eigenvalue weighted by Gasteiger charge is 2.31. The molecule has 2 rings (SSSR count). The van der Waals surface area contributed by atoms with Crippen LogP contribution in [0.5, 0.6) is 0 Å². The van der Waals surface area contributed by atoms with E-state index in [2.05, 4.69) is 19.2 Å². The van der Waals surface area contributed by atoms with Crippen LogP contribution in [-0.4, -0.2) is 34.6 Å². The second-order valence-corrected chi connectivity index (χ2v) is 8.55. The first kappa shape index (κ1) is 17.5. The topological polar surface area (TPSA) is 12.0 Å². The van der Waals surface area contributed by atoms with Gasteiger partial charge < -0.3 is 5.32 Å². The molecule has 118 valence electrons. The van der Waals surface area contributed by atoms with Gasteiger partial charge in [-0.3, -0.25) is 0 Å². The van der Waals surface area contributed by atoms with E-state index in [-0.39, 0.29) is 11.9 Å². The summed E-state index contributed by atoms with van der Waals surface area (Å²) >= 11 is 10.2. The van der Waals surface area contributed by atoms with Gasteiger partial charge in [0, 0.05) is 38.6 Å². The highest BCUT2D eigenvalue weighted by Crippen LogP contribution is 2.35. The van der Waals surface area contributed by atoms with Crippen LogP contribution in [-0.2, 0) is 6.42 Å². The van der Waals surface area contributed by atoms with Crippen LogP contribution in [0, 0.1) is 5.82 Å². The summed E-state index contributed by atoms with van der Waals surface area (Å²) < 4.78 is 14.1. The second-order valence-electron chi connectivity index (χ2n) is 5.38. The van der Waals surface area contributed by atoms with E-state index in [1.165, 1.54) is 17.6 Å². The lowest BCUT2D eigenvalue weighted by Crippen LogP contribution is -2.46. The Hall–Kier alpha value is 0.1000. The Morgan fingerprint density at radius 1 is 1.38 bits per heavy atom. The molecular weight excluding hydrogens is 325 g/mol. The minimum atomic E-state index is -0.188. The third kappa shape index (κ3) is 4.78. The largest absolute Gasteiger partial charge is 0.313 e. The molecule has 0 bridgehead atoms. The highest BCUT2D eigenvalue weighted by molar-refractivity contribution is 8.07. The molecule has 3 atom stereocenters. The smallest absolute Gasteiger partial charge is 0.127 e. The van der Waals surface area contributed by atoms with Gasteiger partial charge in [-0.1, -0.05) is 31.5 Å². The summed E-state index contributed by atoms with van der Waals surface area (Å²) in [4.78, 5) is 0. The maximum absolute atomic E-state index is 14.1. The predicted molar refractivity (Wildman–Crippen MR) is 95.4 cm³/mol. The molecule has 0 aliphatic carbocycles. The number of halogens is 2. The molecule has 1 aliphatic rings. The quantitative estimate of drug-likeness (QED) is 0.806. The molecule has 0 aromatic heterocycles. The van der Waals surface area contributed by atoms with Crippen LogP contribution in [0.3, 0.4) is 0 Å². The molecule has 1 aromatic rings. The Labute approximate surface area is 140 Å². The normalized spacial score (nSPS) is 24.0. The zero-order valence-corrected chi connectivity index (χ0v) is 15.0. The molecule has 1 nitrogen and oxygen atoms in total. The summed E-state index contributed by atoms with van der Waals surface area (Å²) in [6.07, 6.45) is 1.74. The fourth-order valence-corrected chi connectivity index (χ4v) is 5.87. The van der Waals surface area contributed by atoms with E-state index in [9.17, 15) is 4.39 Å². The lowest BCUT2D eigenvalue weighted by Gasteiger charge is -2.35. The number of rotatable bonds is 6. The maximum atomic E-state index is 14.1. The molecular formula is C16H23ClFNS2. The van der Waals surface area contributed by atoms with Crippen LogP contribution in [0.1, 0.15) is 25.8 Å². The van der Waals surface area contributed by atoms with E-state index in [4.69, 9.17) is 11.6 Å². The van der Waals surface area contributed by atoms with Crippen molar-refractivity contribution in [2.24, 2.45) is 0 Å². The van der Waals surface area contributed by atoms with Crippen molar-refractivity contribution < 1.29 is 4.39 Å². The van der Waals surface area contributed by atoms with Gasteiger partial charge in [-0.2, -0.15) is 23.5 Å². The van der Waals surface area contributed by atoms with E-state index in [0.717, 1.165) is 13.0 Å². The zero-order valence-electron chi connectivity index (χ0n) is 12.6. The van der Waals surface area contributed by atoms with Crippen LogP contribution in [0.25, 0.3) is 0 Å². The monoisotopic (exact) mass is 347 g/mol. The van der Waals surface area contributed by atoms with E-state index in [1.807, 2.05) is 23.5 Å². The Morgan fingerprint density at radius 3 is 2.81 bits per heavy atom. The Morgan fingerprint density at radius 2 is 2.14 bits per heavy atom. The SMILES string of the molecule is CCCNC(Cc1c(F)cccc1Cl)C1SCCSC1C. The molecule has 1 fully saturated rings. The molecule has 1 saturated heterocycles. The van der Waals surface area contributed by atoms with Gasteiger partial charge in [0.2, 0.25) is 0 Å². The summed E-state index contributed by atoms with van der Waals surface area (Å²) in [5.41, 5.74) is 0.649. The summed E-state index contributed by atoms with van der Waals surface area (Å²) in [5.74, 6) is 2.20. The van der Waals surface area contributed by atoms with Crippen LogP contribution in [0.15, 0.2) is 18.2 Å². The van der Waals surface area contributed by atoms with E-state index < -0.39 is 0 Å². The van der Waals surface area contributed by atoms with Gasteiger partial charge in [-0.05, 0) is 31.5 Å². The van der Waals surface area contributed by atoms with Gasteiger partial charge >= 0.3 is 0 Å². The van der Waals surface area contributed by atoms with Crippen molar-refractivity contribution in [2.75, 3.05) is 18.1 Å². The van der Waals surface area contributed by atoms with Crippen molar-refractivity contribution >= 4 is 35.1 Å². The van der Waals surface area contributed by atoms with Crippen molar-refractivity contribution in [1.82, 2.24) is 5.32 Å². The summed E-state index contributed by atoms with van der Waals surface area (Å²) in [5, 5.41) is 5.25. The molecule has 21 heavy (non-hydrogen) atoms. The second kappa shape index (κ2) is 8.66. The fraction of sp³-hybridized carbons (Fsp3) is 0.625. The van der Waals surface area contributed by atoms with Crippen molar-refractivity contribution in [3.63, 3.8) is 0 Å². The standard InChI is InChI=1S/C16H23ClFNS2/c1-3-7-19-15(16-11(2)20-8-9-21-16)10-12-13(17)5-4-6-14(12)18/h4-6,11,15-16,19H,3,7-10H2,1-2H3. The van der Waals surface area contributed by atoms with Gasteiger partial charge in [0.05, 0.1) is 0 Å². The number of hydrogen-bond acceptors (Lipinski definition) is 3. The minimum Gasteiger partial charge on any atom is -0.313 e. The molecule has 0 saturated carbocycles. The average Bonchev–Trinajstić information content (AvgIpc) is 2.47.